The van der Waals surface area contributed by atoms with E-state index in [2.05, 4.69) is 24.3 Å². The maximum Gasteiger partial charge on any atom is 0.0906 e. The first-order valence-electron chi connectivity index (χ1n) is 4.96. The largest absolute Gasteiger partial charge is 0.294 e. The van der Waals surface area contributed by atoms with E-state index in [4.69, 9.17) is 4.84 Å². The zero-order valence-corrected chi connectivity index (χ0v) is 8.96. The minimum Gasteiger partial charge on any atom is -0.294 e. The molecule has 0 aromatic heterocycles. The Kier molecular flexibility index (Phi) is 2.04. The van der Waals surface area contributed by atoms with Crippen molar-refractivity contribution in [1.29, 1.82) is 0 Å². The predicted molar refractivity (Wildman–Crippen MR) is 57.2 cm³/mol. The maximum atomic E-state index is 5.73. The molecule has 2 heterocycles. The molecular formula is C11H13NOS. The van der Waals surface area contributed by atoms with E-state index >= 15 is 0 Å². The second-order valence-corrected chi connectivity index (χ2v) is 4.94. The van der Waals surface area contributed by atoms with Gasteiger partial charge in [0.15, 0.2) is 0 Å². The summed E-state index contributed by atoms with van der Waals surface area (Å²) < 4.78 is 0. The molecule has 2 bridgehead atoms. The van der Waals surface area contributed by atoms with Gasteiger partial charge in [0.05, 0.1) is 12.1 Å². The molecule has 2 atom stereocenters. The molecule has 2 aliphatic rings. The smallest absolute Gasteiger partial charge is 0.0906 e. The van der Waals surface area contributed by atoms with Crippen molar-refractivity contribution >= 4 is 11.8 Å². The summed E-state index contributed by atoms with van der Waals surface area (Å²) in [4.78, 5) is 7.16. The summed E-state index contributed by atoms with van der Waals surface area (Å²) in [6, 6.07) is 9.14. The Hall–Kier alpha value is -0.510. The van der Waals surface area contributed by atoms with Crippen LogP contribution in [-0.2, 0) is 4.84 Å². The molecule has 0 spiro atoms. The molecule has 0 amide bonds. The summed E-state index contributed by atoms with van der Waals surface area (Å²) in [5, 5.41) is 2.02. The third kappa shape index (κ3) is 1.28. The van der Waals surface area contributed by atoms with E-state index in [1.165, 1.54) is 10.5 Å². The number of hydrogen-bond acceptors (Lipinski definition) is 3. The summed E-state index contributed by atoms with van der Waals surface area (Å²) in [7, 11) is 2.04. The third-order valence-corrected chi connectivity index (χ3v) is 4.16. The average Bonchev–Trinajstić information content (AvgIpc) is 2.45. The summed E-state index contributed by atoms with van der Waals surface area (Å²) in [5.41, 5.74) is 1.43. The van der Waals surface area contributed by atoms with E-state index in [0.717, 1.165) is 12.2 Å². The molecule has 0 N–H and O–H groups in total. The standard InChI is InChI=1S/C11H13NOS/c1-12-10-6-8(13-12)7-14-11-5-3-2-4-9(10)11/h2-5,8,10H,6-7H2,1H3/t8-,10+/m1/s1. The first-order valence-corrected chi connectivity index (χ1v) is 5.94. The Morgan fingerprint density at radius 1 is 1.43 bits per heavy atom. The third-order valence-electron chi connectivity index (χ3n) is 2.94. The molecule has 1 fully saturated rings. The number of nitrogens with zero attached hydrogens (tertiary/aromatic N) is 1. The number of hydroxylamine groups is 2. The Morgan fingerprint density at radius 3 is 3.21 bits per heavy atom. The van der Waals surface area contributed by atoms with Crippen LogP contribution in [0.4, 0.5) is 0 Å². The fraction of sp³-hybridized carbons (Fsp3) is 0.455. The molecule has 74 valence electrons. The van der Waals surface area contributed by atoms with Crippen LogP contribution in [0.3, 0.4) is 0 Å². The van der Waals surface area contributed by atoms with Crippen molar-refractivity contribution in [3.05, 3.63) is 29.8 Å². The van der Waals surface area contributed by atoms with E-state index < -0.39 is 0 Å². The van der Waals surface area contributed by atoms with Crippen molar-refractivity contribution in [2.75, 3.05) is 12.8 Å². The SMILES string of the molecule is CN1O[C@H]2CSc3ccccc3[C@@H]1C2. The minimum atomic E-state index is 0.405. The van der Waals surface area contributed by atoms with Crippen LogP contribution < -0.4 is 0 Å². The fourth-order valence-corrected chi connectivity index (χ4v) is 3.35. The molecule has 0 aliphatic carbocycles. The van der Waals surface area contributed by atoms with Crippen LogP contribution in [0, 0.1) is 0 Å². The molecule has 1 aromatic rings. The van der Waals surface area contributed by atoms with Gasteiger partial charge in [-0.3, -0.25) is 4.84 Å². The van der Waals surface area contributed by atoms with Crippen LogP contribution in [0.25, 0.3) is 0 Å². The van der Waals surface area contributed by atoms with Crippen LogP contribution in [0.2, 0.25) is 0 Å². The molecule has 0 radical (unpaired) electrons. The average molecular weight is 207 g/mol. The van der Waals surface area contributed by atoms with E-state index in [9.17, 15) is 0 Å². The lowest BCUT2D eigenvalue weighted by Crippen LogP contribution is -2.19. The van der Waals surface area contributed by atoms with Crippen molar-refractivity contribution in [2.45, 2.75) is 23.5 Å². The quantitative estimate of drug-likeness (QED) is 0.648. The van der Waals surface area contributed by atoms with Gasteiger partial charge in [-0.15, -0.1) is 11.8 Å². The molecule has 0 unspecified atom stereocenters. The fourth-order valence-electron chi connectivity index (χ4n) is 2.24. The number of hydrogen-bond donors (Lipinski definition) is 0. The number of benzene rings is 1. The normalized spacial score (nSPS) is 31.2. The van der Waals surface area contributed by atoms with Gasteiger partial charge in [0.25, 0.3) is 0 Å². The van der Waals surface area contributed by atoms with Crippen LogP contribution in [0.15, 0.2) is 29.2 Å². The summed E-state index contributed by atoms with van der Waals surface area (Å²) in [6.07, 6.45) is 1.54. The zero-order valence-electron chi connectivity index (χ0n) is 8.14. The molecule has 2 nitrogen and oxygen atoms in total. The highest BCUT2D eigenvalue weighted by Gasteiger charge is 2.35. The summed E-state index contributed by atoms with van der Waals surface area (Å²) >= 11 is 1.92. The van der Waals surface area contributed by atoms with E-state index in [1.807, 2.05) is 23.9 Å². The van der Waals surface area contributed by atoms with Crippen molar-refractivity contribution < 1.29 is 4.84 Å². The van der Waals surface area contributed by atoms with Crippen LogP contribution >= 0.6 is 11.8 Å². The first kappa shape index (κ1) is 8.77. The lowest BCUT2D eigenvalue weighted by atomic mass is 10.0. The lowest BCUT2D eigenvalue weighted by Gasteiger charge is -2.21. The molecule has 1 aromatic carbocycles. The Labute approximate surface area is 88.2 Å². The molecule has 3 rings (SSSR count). The van der Waals surface area contributed by atoms with Gasteiger partial charge in [0.1, 0.15) is 0 Å². The minimum absolute atomic E-state index is 0.405. The first-order chi connectivity index (χ1) is 6.84. The molecule has 14 heavy (non-hydrogen) atoms. The van der Waals surface area contributed by atoms with Gasteiger partial charge in [-0.2, -0.15) is 5.06 Å². The maximum absolute atomic E-state index is 5.73. The molecular weight excluding hydrogens is 194 g/mol. The van der Waals surface area contributed by atoms with Crippen LogP contribution in [-0.4, -0.2) is 24.0 Å². The summed E-state index contributed by atoms with van der Waals surface area (Å²) in [6.45, 7) is 0. The number of thioether (sulfide) groups is 1. The van der Waals surface area contributed by atoms with Crippen LogP contribution in [0.5, 0.6) is 0 Å². The van der Waals surface area contributed by atoms with Gasteiger partial charge < -0.3 is 0 Å². The Morgan fingerprint density at radius 2 is 2.29 bits per heavy atom. The van der Waals surface area contributed by atoms with Gasteiger partial charge in [-0.1, -0.05) is 18.2 Å². The van der Waals surface area contributed by atoms with E-state index in [1.54, 1.807) is 0 Å². The predicted octanol–water partition coefficient (Wildman–Crippen LogP) is 2.47. The Balaban J connectivity index is 2.07. The van der Waals surface area contributed by atoms with Gasteiger partial charge >= 0.3 is 0 Å². The van der Waals surface area contributed by atoms with Gasteiger partial charge in [0, 0.05) is 17.7 Å². The zero-order chi connectivity index (χ0) is 9.54. The number of rotatable bonds is 0. The van der Waals surface area contributed by atoms with Crippen molar-refractivity contribution in [3.63, 3.8) is 0 Å². The van der Waals surface area contributed by atoms with Gasteiger partial charge in [-0.25, -0.2) is 0 Å². The molecule has 2 aliphatic heterocycles. The van der Waals surface area contributed by atoms with Crippen molar-refractivity contribution in [3.8, 4) is 0 Å². The highest BCUT2D eigenvalue weighted by Crippen LogP contribution is 2.42. The summed E-state index contributed by atoms with van der Waals surface area (Å²) in [5.74, 6) is 1.08. The van der Waals surface area contributed by atoms with Gasteiger partial charge in [-0.05, 0) is 18.1 Å². The molecule has 1 saturated heterocycles. The second kappa shape index (κ2) is 3.26. The monoisotopic (exact) mass is 207 g/mol. The number of fused-ring (bicyclic) bond motifs is 4. The van der Waals surface area contributed by atoms with Gasteiger partial charge in [0.2, 0.25) is 0 Å². The lowest BCUT2D eigenvalue weighted by molar-refractivity contribution is -0.138. The topological polar surface area (TPSA) is 12.5 Å². The molecule has 0 saturated carbocycles. The van der Waals surface area contributed by atoms with E-state index in [0.29, 0.717) is 12.1 Å². The van der Waals surface area contributed by atoms with Crippen LogP contribution in [0.1, 0.15) is 18.0 Å². The second-order valence-electron chi connectivity index (χ2n) is 3.87. The molecule has 3 heteroatoms. The van der Waals surface area contributed by atoms with Crippen molar-refractivity contribution in [1.82, 2.24) is 5.06 Å². The van der Waals surface area contributed by atoms with Crippen molar-refractivity contribution in [2.24, 2.45) is 0 Å². The van der Waals surface area contributed by atoms with E-state index in [-0.39, 0.29) is 0 Å². The Bertz CT molecular complexity index is 355. The highest BCUT2D eigenvalue weighted by molar-refractivity contribution is 7.99. The highest BCUT2D eigenvalue weighted by atomic mass is 32.2.